The Morgan fingerprint density at radius 1 is 0.789 bits per heavy atom. The Kier molecular flexibility index (Phi) is 1.42. The lowest BCUT2D eigenvalue weighted by atomic mass is 9.59. The molecule has 4 bridgehead atoms. The maximum Gasteiger partial charge on any atom is 0.141 e. The molecular formula is C16H16O3. The zero-order valence-corrected chi connectivity index (χ0v) is 10.6. The largest absolute Gasteiger partial charge is 0.369 e. The Morgan fingerprint density at radius 2 is 1.32 bits per heavy atom. The minimum Gasteiger partial charge on any atom is -0.369 e. The predicted octanol–water partition coefficient (Wildman–Crippen LogP) is 1.23. The third-order valence-corrected chi connectivity index (χ3v) is 7.03. The van der Waals surface area contributed by atoms with Crippen molar-refractivity contribution in [2.24, 2.45) is 47.3 Å². The molecule has 10 unspecified atom stereocenters. The predicted molar refractivity (Wildman–Crippen MR) is 65.0 cm³/mol. The molecular weight excluding hydrogens is 240 g/mol. The van der Waals surface area contributed by atoms with Crippen LogP contribution >= 0.6 is 0 Å². The number of allylic oxidation sites excluding steroid dienone is 2. The van der Waals surface area contributed by atoms with Crippen molar-refractivity contribution in [1.82, 2.24) is 0 Å². The fourth-order valence-corrected chi connectivity index (χ4v) is 6.46. The van der Waals surface area contributed by atoms with Crippen LogP contribution in [0.15, 0.2) is 12.2 Å². The smallest absolute Gasteiger partial charge is 0.141 e. The summed E-state index contributed by atoms with van der Waals surface area (Å²) in [5, 5.41) is 0. The first kappa shape index (κ1) is 9.87. The summed E-state index contributed by atoms with van der Waals surface area (Å²) in [5.41, 5.74) is 0. The van der Waals surface area contributed by atoms with Gasteiger partial charge in [0.05, 0.1) is 12.2 Å². The maximum atomic E-state index is 12.9. The monoisotopic (exact) mass is 256 g/mol. The standard InChI is InChI=1S/C16H16O3/c17-13-9-5-1-2-6(3-5)10(9)14(18)12-8-4-7(11(12)13)15-16(8)19-15/h1-2,5-12,15-16H,3-4H2. The molecule has 1 aliphatic heterocycles. The van der Waals surface area contributed by atoms with Gasteiger partial charge in [0.15, 0.2) is 0 Å². The molecule has 98 valence electrons. The fourth-order valence-electron chi connectivity index (χ4n) is 6.46. The van der Waals surface area contributed by atoms with Crippen molar-refractivity contribution in [1.29, 1.82) is 0 Å². The van der Waals surface area contributed by atoms with Gasteiger partial charge in [-0.2, -0.15) is 0 Å². The number of fused-ring (bicyclic) bond motifs is 13. The lowest BCUT2D eigenvalue weighted by molar-refractivity contribution is -0.149. The van der Waals surface area contributed by atoms with Crippen molar-refractivity contribution >= 4 is 11.6 Å². The average molecular weight is 256 g/mol. The molecule has 0 amide bonds. The highest BCUT2D eigenvalue weighted by Crippen LogP contribution is 2.67. The molecule has 0 aromatic carbocycles. The summed E-state index contributed by atoms with van der Waals surface area (Å²) < 4.78 is 5.70. The van der Waals surface area contributed by atoms with Crippen molar-refractivity contribution < 1.29 is 14.3 Å². The van der Waals surface area contributed by atoms with Gasteiger partial charge in [0.25, 0.3) is 0 Å². The van der Waals surface area contributed by atoms with E-state index in [-0.39, 0.29) is 23.7 Å². The summed E-state index contributed by atoms with van der Waals surface area (Å²) in [7, 11) is 0. The number of epoxide rings is 1. The van der Waals surface area contributed by atoms with Crippen molar-refractivity contribution in [3.63, 3.8) is 0 Å². The zero-order chi connectivity index (χ0) is 12.5. The molecule has 19 heavy (non-hydrogen) atoms. The lowest BCUT2D eigenvalue weighted by Gasteiger charge is -2.40. The van der Waals surface area contributed by atoms with E-state index in [0.29, 0.717) is 47.4 Å². The van der Waals surface area contributed by atoms with Gasteiger partial charge in [-0.25, -0.2) is 0 Å². The van der Waals surface area contributed by atoms with E-state index in [1.807, 2.05) is 0 Å². The molecule has 4 saturated carbocycles. The first-order valence-electron chi connectivity index (χ1n) is 7.67. The van der Waals surface area contributed by atoms with E-state index in [1.165, 1.54) is 0 Å². The SMILES string of the molecule is O=C1C2C3C=CC(C3)C2C(=O)C2C3CC(C4OC34)C12. The second-order valence-corrected chi connectivity index (χ2v) is 7.48. The van der Waals surface area contributed by atoms with Gasteiger partial charge in [0.1, 0.15) is 11.6 Å². The summed E-state index contributed by atoms with van der Waals surface area (Å²) in [6.07, 6.45) is 7.17. The third-order valence-electron chi connectivity index (χ3n) is 7.03. The summed E-state index contributed by atoms with van der Waals surface area (Å²) in [6.45, 7) is 0. The highest BCUT2D eigenvalue weighted by Gasteiger charge is 2.74. The van der Waals surface area contributed by atoms with Gasteiger partial charge in [-0.3, -0.25) is 9.59 Å². The summed E-state index contributed by atoms with van der Waals surface area (Å²) >= 11 is 0. The molecule has 0 radical (unpaired) electrons. The Bertz CT molecular complexity index is 518. The summed E-state index contributed by atoms with van der Waals surface area (Å²) in [6, 6.07) is 0. The van der Waals surface area contributed by atoms with E-state index in [4.69, 9.17) is 4.74 Å². The molecule has 5 fully saturated rings. The second kappa shape index (κ2) is 2.73. The molecule has 6 aliphatic rings. The Hall–Kier alpha value is -0.960. The third kappa shape index (κ3) is 0.884. The molecule has 1 saturated heterocycles. The molecule has 0 N–H and O–H groups in total. The van der Waals surface area contributed by atoms with Crippen LogP contribution in [0, 0.1) is 47.3 Å². The molecule has 1 heterocycles. The van der Waals surface area contributed by atoms with Crippen LogP contribution < -0.4 is 0 Å². The molecule has 3 nitrogen and oxygen atoms in total. The van der Waals surface area contributed by atoms with Crippen molar-refractivity contribution in [2.75, 3.05) is 0 Å². The van der Waals surface area contributed by atoms with E-state index >= 15 is 0 Å². The molecule has 10 atom stereocenters. The minimum atomic E-state index is 0.0234. The van der Waals surface area contributed by atoms with Crippen LogP contribution in [0.3, 0.4) is 0 Å². The van der Waals surface area contributed by atoms with Gasteiger partial charge in [0.2, 0.25) is 0 Å². The molecule has 6 rings (SSSR count). The Morgan fingerprint density at radius 3 is 1.84 bits per heavy atom. The average Bonchev–Trinajstić information content (AvgIpc) is 2.83. The van der Waals surface area contributed by atoms with Gasteiger partial charge in [-0.1, -0.05) is 12.2 Å². The lowest BCUT2D eigenvalue weighted by Crippen LogP contribution is -2.52. The van der Waals surface area contributed by atoms with Gasteiger partial charge in [0, 0.05) is 23.7 Å². The van der Waals surface area contributed by atoms with Crippen molar-refractivity contribution in [3.05, 3.63) is 12.2 Å². The number of hydrogen-bond donors (Lipinski definition) is 0. The molecule has 3 heteroatoms. The van der Waals surface area contributed by atoms with E-state index in [2.05, 4.69) is 12.2 Å². The van der Waals surface area contributed by atoms with Crippen LogP contribution in [0.2, 0.25) is 0 Å². The van der Waals surface area contributed by atoms with E-state index in [0.717, 1.165) is 12.8 Å². The Labute approximate surface area is 111 Å². The molecule has 0 aromatic rings. The molecule has 0 aromatic heterocycles. The number of ketones is 2. The van der Waals surface area contributed by atoms with Crippen LogP contribution in [-0.2, 0) is 14.3 Å². The van der Waals surface area contributed by atoms with Gasteiger partial charge < -0.3 is 4.74 Å². The molecule has 5 aliphatic carbocycles. The Balaban J connectivity index is 1.50. The van der Waals surface area contributed by atoms with Crippen LogP contribution in [0.1, 0.15) is 12.8 Å². The van der Waals surface area contributed by atoms with Gasteiger partial charge in [-0.15, -0.1) is 0 Å². The number of carbonyl (C=O) groups is 2. The van der Waals surface area contributed by atoms with Gasteiger partial charge in [-0.05, 0) is 36.5 Å². The van der Waals surface area contributed by atoms with Crippen LogP contribution in [0.4, 0.5) is 0 Å². The van der Waals surface area contributed by atoms with Crippen LogP contribution in [0.25, 0.3) is 0 Å². The van der Waals surface area contributed by atoms with Crippen molar-refractivity contribution in [3.8, 4) is 0 Å². The van der Waals surface area contributed by atoms with E-state index in [1.54, 1.807) is 0 Å². The second-order valence-electron chi connectivity index (χ2n) is 7.48. The first-order chi connectivity index (χ1) is 9.25. The fraction of sp³-hybridized carbons (Fsp3) is 0.750. The number of ether oxygens (including phenoxy) is 1. The summed E-state index contributed by atoms with van der Waals surface area (Å²) in [5.74, 6) is 2.43. The topological polar surface area (TPSA) is 46.7 Å². The number of rotatable bonds is 0. The zero-order valence-electron chi connectivity index (χ0n) is 10.6. The summed E-state index contributed by atoms with van der Waals surface area (Å²) in [4.78, 5) is 25.9. The number of Topliss-reactive ketones (excluding diaryl/α,β-unsaturated/α-hetero) is 2. The number of hydrogen-bond acceptors (Lipinski definition) is 3. The minimum absolute atomic E-state index is 0.0234. The highest BCUT2D eigenvalue weighted by atomic mass is 16.6. The van der Waals surface area contributed by atoms with E-state index in [9.17, 15) is 9.59 Å². The normalized spacial score (nSPS) is 66.3. The number of carbonyl (C=O) groups excluding carboxylic acids is 2. The van der Waals surface area contributed by atoms with E-state index < -0.39 is 0 Å². The molecule has 0 spiro atoms. The van der Waals surface area contributed by atoms with Crippen LogP contribution in [0.5, 0.6) is 0 Å². The maximum absolute atomic E-state index is 12.9. The van der Waals surface area contributed by atoms with Gasteiger partial charge >= 0.3 is 0 Å². The first-order valence-corrected chi connectivity index (χ1v) is 7.67. The quantitative estimate of drug-likeness (QED) is 0.484. The highest BCUT2D eigenvalue weighted by molar-refractivity contribution is 6.02. The van der Waals surface area contributed by atoms with Crippen molar-refractivity contribution in [2.45, 2.75) is 25.0 Å². The van der Waals surface area contributed by atoms with Crippen LogP contribution in [-0.4, -0.2) is 23.8 Å².